The predicted molar refractivity (Wildman–Crippen MR) is 106 cm³/mol. The normalized spacial score (nSPS) is 10.7. The number of ether oxygens (including phenoxy) is 1. The molecule has 0 aliphatic carbocycles. The van der Waals surface area contributed by atoms with Crippen molar-refractivity contribution in [3.63, 3.8) is 0 Å². The molecule has 0 bridgehead atoms. The highest BCUT2D eigenvalue weighted by molar-refractivity contribution is 6.35. The lowest BCUT2D eigenvalue weighted by Crippen LogP contribution is -2.37. The van der Waals surface area contributed by atoms with Gasteiger partial charge < -0.3 is 14.6 Å². The maximum atomic E-state index is 11.6. The van der Waals surface area contributed by atoms with Crippen LogP contribution >= 0.6 is 11.6 Å². The molecule has 0 saturated heterocycles. The van der Waals surface area contributed by atoms with Crippen molar-refractivity contribution in [2.24, 2.45) is 5.10 Å². The van der Waals surface area contributed by atoms with Crippen molar-refractivity contribution in [1.29, 1.82) is 0 Å². The van der Waals surface area contributed by atoms with Crippen LogP contribution in [0.1, 0.15) is 17.0 Å². The van der Waals surface area contributed by atoms with Crippen LogP contribution in [0.25, 0.3) is 5.69 Å². The van der Waals surface area contributed by atoms with Gasteiger partial charge in [0.05, 0.1) is 18.3 Å². The lowest BCUT2D eigenvalue weighted by molar-refractivity contribution is -0.139. The maximum absolute atomic E-state index is 11.6. The third-order valence-electron chi connectivity index (χ3n) is 3.85. The van der Waals surface area contributed by atoms with E-state index in [2.05, 4.69) is 22.4 Å². The van der Waals surface area contributed by atoms with Gasteiger partial charge in [-0.1, -0.05) is 17.7 Å². The van der Waals surface area contributed by atoms with Crippen molar-refractivity contribution in [3.8, 4) is 11.4 Å². The van der Waals surface area contributed by atoms with Gasteiger partial charge in [-0.2, -0.15) is 5.10 Å². The minimum Gasteiger partial charge on any atom is -0.495 e. The zero-order chi connectivity index (χ0) is 20.0. The second kappa shape index (κ2) is 9.05. The largest absolute Gasteiger partial charge is 0.495 e. The Labute approximate surface area is 162 Å². The minimum absolute atomic E-state index is 0.210. The van der Waals surface area contributed by atoms with E-state index in [0.717, 1.165) is 22.6 Å². The third kappa shape index (κ3) is 4.77. The first-order valence-corrected chi connectivity index (χ1v) is 8.51. The summed E-state index contributed by atoms with van der Waals surface area (Å²) in [6, 6.07) is 7.43. The first kappa shape index (κ1) is 20.3. The average Bonchev–Trinajstić information content (AvgIpc) is 2.93. The molecule has 1 aromatic carbocycles. The van der Waals surface area contributed by atoms with E-state index < -0.39 is 11.8 Å². The molecule has 0 radical (unpaired) electrons. The number of aromatic nitrogens is 1. The first-order chi connectivity index (χ1) is 12.9. The molecular weight excluding hydrogens is 368 g/mol. The van der Waals surface area contributed by atoms with E-state index in [0.29, 0.717) is 10.8 Å². The van der Waals surface area contributed by atoms with Gasteiger partial charge in [-0.15, -0.1) is 6.58 Å². The first-order valence-electron chi connectivity index (χ1n) is 8.14. The monoisotopic (exact) mass is 388 g/mol. The average molecular weight is 389 g/mol. The highest BCUT2D eigenvalue weighted by Gasteiger charge is 2.13. The molecule has 27 heavy (non-hydrogen) atoms. The van der Waals surface area contributed by atoms with Gasteiger partial charge in [0.15, 0.2) is 0 Å². The van der Waals surface area contributed by atoms with Gasteiger partial charge in [0.1, 0.15) is 5.75 Å². The number of carbonyl (C=O) groups excluding carboxylic acids is 2. The van der Waals surface area contributed by atoms with Gasteiger partial charge in [-0.3, -0.25) is 9.59 Å². The van der Waals surface area contributed by atoms with E-state index in [9.17, 15) is 9.59 Å². The number of methoxy groups -OCH3 is 1. The molecule has 2 rings (SSSR count). The summed E-state index contributed by atoms with van der Waals surface area (Å²) in [6.07, 6.45) is 2.97. The quantitative estimate of drug-likeness (QED) is 0.345. The molecule has 2 N–H and O–H groups in total. The molecule has 2 amide bonds. The van der Waals surface area contributed by atoms with Crippen LogP contribution in [0.2, 0.25) is 5.02 Å². The van der Waals surface area contributed by atoms with Crippen LogP contribution in [0.4, 0.5) is 0 Å². The van der Waals surface area contributed by atoms with Crippen molar-refractivity contribution in [3.05, 3.63) is 58.9 Å². The van der Waals surface area contributed by atoms with Crippen molar-refractivity contribution >= 4 is 29.6 Å². The predicted octanol–water partition coefficient (Wildman–Crippen LogP) is 2.51. The number of amides is 2. The lowest BCUT2D eigenvalue weighted by Gasteiger charge is -2.11. The van der Waals surface area contributed by atoms with Crippen LogP contribution in [-0.4, -0.2) is 36.3 Å². The summed E-state index contributed by atoms with van der Waals surface area (Å²) >= 11 is 6.22. The molecule has 2 aromatic rings. The molecule has 7 nitrogen and oxygen atoms in total. The smallest absolute Gasteiger partial charge is 0.329 e. The molecule has 1 heterocycles. The number of nitrogens with one attached hydrogen (secondary N) is 2. The Kier molecular flexibility index (Phi) is 6.79. The van der Waals surface area contributed by atoms with Gasteiger partial charge in [-0.05, 0) is 38.1 Å². The molecule has 8 heteroatoms. The number of aryl methyl sites for hydroxylation is 1. The van der Waals surface area contributed by atoms with Gasteiger partial charge >= 0.3 is 11.8 Å². The molecule has 0 atom stereocenters. The van der Waals surface area contributed by atoms with Crippen LogP contribution in [-0.2, 0) is 9.59 Å². The van der Waals surface area contributed by atoms with E-state index in [1.807, 2.05) is 36.6 Å². The van der Waals surface area contributed by atoms with Crippen LogP contribution in [0.15, 0.2) is 42.0 Å². The zero-order valence-electron chi connectivity index (χ0n) is 15.4. The SMILES string of the molecule is C=CCNC(=O)C(=O)N/N=C\c1cc(C)n(-c2ccc(OC)c(Cl)c2)c1C. The maximum Gasteiger partial charge on any atom is 0.329 e. The topological polar surface area (TPSA) is 84.7 Å². The Balaban J connectivity index is 2.18. The Morgan fingerprint density at radius 2 is 2.04 bits per heavy atom. The summed E-state index contributed by atoms with van der Waals surface area (Å²) in [5, 5.41) is 6.74. The minimum atomic E-state index is -0.844. The fourth-order valence-corrected chi connectivity index (χ4v) is 2.82. The molecule has 0 unspecified atom stereocenters. The van der Waals surface area contributed by atoms with Gasteiger partial charge in [0, 0.05) is 29.2 Å². The van der Waals surface area contributed by atoms with Crippen molar-refractivity contribution in [2.45, 2.75) is 13.8 Å². The fourth-order valence-electron chi connectivity index (χ4n) is 2.57. The molecule has 0 aliphatic rings. The third-order valence-corrected chi connectivity index (χ3v) is 4.14. The second-order valence-electron chi connectivity index (χ2n) is 5.68. The van der Waals surface area contributed by atoms with E-state index in [4.69, 9.17) is 16.3 Å². The number of benzene rings is 1. The summed E-state index contributed by atoms with van der Waals surface area (Å²) in [5.74, 6) is -1.02. The van der Waals surface area contributed by atoms with Crippen molar-refractivity contribution in [1.82, 2.24) is 15.3 Å². The van der Waals surface area contributed by atoms with Crippen molar-refractivity contribution < 1.29 is 14.3 Å². The number of carbonyl (C=O) groups is 2. The number of hydrazone groups is 1. The molecule has 1 aromatic heterocycles. The lowest BCUT2D eigenvalue weighted by atomic mass is 10.2. The highest BCUT2D eigenvalue weighted by Crippen LogP contribution is 2.28. The van der Waals surface area contributed by atoms with Crippen LogP contribution in [0.5, 0.6) is 5.75 Å². The molecule has 0 fully saturated rings. The van der Waals surface area contributed by atoms with Crippen LogP contribution in [0.3, 0.4) is 0 Å². The second-order valence-corrected chi connectivity index (χ2v) is 6.09. The molecule has 0 aliphatic heterocycles. The Morgan fingerprint density at radius 3 is 2.67 bits per heavy atom. The highest BCUT2D eigenvalue weighted by atomic mass is 35.5. The summed E-state index contributed by atoms with van der Waals surface area (Å²) in [7, 11) is 1.56. The number of halogens is 1. The number of hydrogen-bond acceptors (Lipinski definition) is 4. The fraction of sp³-hybridized carbons (Fsp3) is 0.211. The zero-order valence-corrected chi connectivity index (χ0v) is 16.1. The van der Waals surface area contributed by atoms with E-state index in [-0.39, 0.29) is 6.54 Å². The number of nitrogens with zero attached hydrogens (tertiary/aromatic N) is 2. The Morgan fingerprint density at radius 1 is 1.30 bits per heavy atom. The standard InChI is InChI=1S/C19H21ClN4O3/c1-5-8-21-18(25)19(26)23-22-11-14-9-12(2)24(13(14)3)15-6-7-17(27-4)16(20)10-15/h5-7,9-11H,1,8H2,2-4H3,(H,21,25)(H,23,26)/b22-11-. The van der Waals surface area contributed by atoms with Gasteiger partial charge in [0.25, 0.3) is 0 Å². The van der Waals surface area contributed by atoms with Gasteiger partial charge in [0.2, 0.25) is 0 Å². The molecule has 0 spiro atoms. The van der Waals surface area contributed by atoms with E-state index >= 15 is 0 Å². The number of hydrogen-bond donors (Lipinski definition) is 2. The van der Waals surface area contributed by atoms with E-state index in [1.54, 1.807) is 13.2 Å². The summed E-state index contributed by atoms with van der Waals surface area (Å²) in [6.45, 7) is 7.54. The van der Waals surface area contributed by atoms with Crippen molar-refractivity contribution in [2.75, 3.05) is 13.7 Å². The number of rotatable bonds is 6. The molecular formula is C19H21ClN4O3. The summed E-state index contributed by atoms with van der Waals surface area (Å²) < 4.78 is 7.19. The van der Waals surface area contributed by atoms with Gasteiger partial charge in [-0.25, -0.2) is 5.43 Å². The summed E-state index contributed by atoms with van der Waals surface area (Å²) in [4.78, 5) is 23.1. The Bertz CT molecular complexity index is 903. The molecule has 142 valence electrons. The van der Waals surface area contributed by atoms with Crippen LogP contribution < -0.4 is 15.5 Å². The van der Waals surface area contributed by atoms with Crippen LogP contribution in [0, 0.1) is 13.8 Å². The van der Waals surface area contributed by atoms with E-state index in [1.165, 1.54) is 12.3 Å². The summed E-state index contributed by atoms with van der Waals surface area (Å²) in [5.41, 5.74) is 5.74. The molecule has 0 saturated carbocycles. The Hall–Kier alpha value is -3.06.